The fourth-order valence-electron chi connectivity index (χ4n) is 3.00. The standard InChI is InChI=1S/C14H26N2O/c1-11-4-6-12(7-5-11)9-16-14(17)13-3-2-8-15-10-13/h11-13,15H,2-10H2,1H3,(H,16,17). The molecule has 0 bridgehead atoms. The molecule has 1 aliphatic carbocycles. The summed E-state index contributed by atoms with van der Waals surface area (Å²) in [6.07, 6.45) is 7.46. The van der Waals surface area contributed by atoms with E-state index in [0.29, 0.717) is 0 Å². The quantitative estimate of drug-likeness (QED) is 0.789. The lowest BCUT2D eigenvalue weighted by molar-refractivity contribution is -0.125. The zero-order valence-electron chi connectivity index (χ0n) is 11.0. The molecular weight excluding hydrogens is 212 g/mol. The van der Waals surface area contributed by atoms with Gasteiger partial charge in [-0.1, -0.05) is 19.8 Å². The molecule has 17 heavy (non-hydrogen) atoms. The maximum absolute atomic E-state index is 12.0. The van der Waals surface area contributed by atoms with Crippen LogP contribution in [0.15, 0.2) is 0 Å². The Bertz CT molecular complexity index is 241. The third kappa shape index (κ3) is 3.98. The van der Waals surface area contributed by atoms with Crippen LogP contribution in [0, 0.1) is 17.8 Å². The first-order valence-corrected chi connectivity index (χ1v) is 7.24. The Labute approximate surface area is 105 Å². The molecule has 1 saturated carbocycles. The van der Waals surface area contributed by atoms with E-state index in [1.807, 2.05) is 0 Å². The zero-order chi connectivity index (χ0) is 12.1. The van der Waals surface area contributed by atoms with Crippen LogP contribution in [-0.4, -0.2) is 25.5 Å². The second kappa shape index (κ2) is 6.39. The molecule has 1 atom stereocenters. The molecule has 0 aromatic rings. The summed E-state index contributed by atoms with van der Waals surface area (Å²) in [5.41, 5.74) is 0. The lowest BCUT2D eigenvalue weighted by atomic mass is 9.83. The van der Waals surface area contributed by atoms with Gasteiger partial charge in [0.2, 0.25) is 5.91 Å². The molecule has 1 heterocycles. The second-order valence-electron chi connectivity index (χ2n) is 5.91. The van der Waals surface area contributed by atoms with Crippen LogP contribution in [0.4, 0.5) is 0 Å². The van der Waals surface area contributed by atoms with Crippen LogP contribution in [-0.2, 0) is 4.79 Å². The van der Waals surface area contributed by atoms with Crippen LogP contribution in [0.1, 0.15) is 45.4 Å². The highest BCUT2D eigenvalue weighted by Crippen LogP contribution is 2.27. The molecule has 0 radical (unpaired) electrons. The molecule has 2 fully saturated rings. The highest BCUT2D eigenvalue weighted by atomic mass is 16.1. The van der Waals surface area contributed by atoms with E-state index in [1.165, 1.54) is 25.7 Å². The highest BCUT2D eigenvalue weighted by molar-refractivity contribution is 5.78. The number of carbonyl (C=O) groups excluding carboxylic acids is 1. The van der Waals surface area contributed by atoms with Crippen molar-refractivity contribution in [2.75, 3.05) is 19.6 Å². The van der Waals surface area contributed by atoms with Crippen LogP contribution in [0.2, 0.25) is 0 Å². The minimum atomic E-state index is 0.214. The normalized spacial score (nSPS) is 34.3. The molecular formula is C14H26N2O. The van der Waals surface area contributed by atoms with Gasteiger partial charge in [0.05, 0.1) is 5.92 Å². The number of hydrogen-bond donors (Lipinski definition) is 2. The minimum absolute atomic E-state index is 0.214. The van der Waals surface area contributed by atoms with Crippen molar-refractivity contribution in [3.05, 3.63) is 0 Å². The predicted octanol–water partition coefficient (Wildman–Crippen LogP) is 1.93. The Kier molecular flexibility index (Phi) is 4.84. The number of nitrogens with one attached hydrogen (secondary N) is 2. The molecule has 2 rings (SSSR count). The largest absolute Gasteiger partial charge is 0.356 e. The Hall–Kier alpha value is -0.570. The highest BCUT2D eigenvalue weighted by Gasteiger charge is 2.23. The summed E-state index contributed by atoms with van der Waals surface area (Å²) >= 11 is 0. The number of rotatable bonds is 3. The summed E-state index contributed by atoms with van der Waals surface area (Å²) in [5.74, 6) is 2.11. The van der Waals surface area contributed by atoms with Crippen molar-refractivity contribution in [2.45, 2.75) is 45.4 Å². The Morgan fingerprint density at radius 3 is 2.65 bits per heavy atom. The van der Waals surface area contributed by atoms with E-state index < -0.39 is 0 Å². The van der Waals surface area contributed by atoms with Gasteiger partial charge in [-0.2, -0.15) is 0 Å². The van der Waals surface area contributed by atoms with Gasteiger partial charge in [0.25, 0.3) is 0 Å². The first-order valence-electron chi connectivity index (χ1n) is 7.24. The van der Waals surface area contributed by atoms with E-state index in [1.54, 1.807) is 0 Å². The molecule has 0 spiro atoms. The van der Waals surface area contributed by atoms with Gasteiger partial charge in [0.1, 0.15) is 0 Å². The zero-order valence-corrected chi connectivity index (χ0v) is 11.0. The van der Waals surface area contributed by atoms with Crippen LogP contribution < -0.4 is 10.6 Å². The average molecular weight is 238 g/mol. The molecule has 3 heteroatoms. The molecule has 1 aliphatic heterocycles. The van der Waals surface area contributed by atoms with Crippen molar-refractivity contribution in [1.82, 2.24) is 10.6 Å². The van der Waals surface area contributed by atoms with Crippen molar-refractivity contribution in [3.63, 3.8) is 0 Å². The molecule has 1 saturated heterocycles. The Morgan fingerprint density at radius 2 is 2.00 bits per heavy atom. The van der Waals surface area contributed by atoms with Crippen molar-refractivity contribution < 1.29 is 4.79 Å². The maximum Gasteiger partial charge on any atom is 0.224 e. The van der Waals surface area contributed by atoms with Crippen LogP contribution in [0.5, 0.6) is 0 Å². The lowest BCUT2D eigenvalue weighted by Gasteiger charge is -2.27. The van der Waals surface area contributed by atoms with Gasteiger partial charge in [0.15, 0.2) is 0 Å². The molecule has 2 N–H and O–H groups in total. The third-order valence-corrected chi connectivity index (χ3v) is 4.37. The van der Waals surface area contributed by atoms with E-state index in [-0.39, 0.29) is 11.8 Å². The molecule has 1 amide bonds. The fraction of sp³-hybridized carbons (Fsp3) is 0.929. The molecule has 1 unspecified atom stereocenters. The summed E-state index contributed by atoms with van der Waals surface area (Å²) in [4.78, 5) is 12.0. The number of amides is 1. The van der Waals surface area contributed by atoms with Crippen LogP contribution in [0.25, 0.3) is 0 Å². The molecule has 3 nitrogen and oxygen atoms in total. The van der Waals surface area contributed by atoms with Gasteiger partial charge in [-0.25, -0.2) is 0 Å². The first-order chi connectivity index (χ1) is 8.25. The SMILES string of the molecule is CC1CCC(CNC(=O)C2CCCNC2)CC1. The van der Waals surface area contributed by atoms with E-state index in [2.05, 4.69) is 17.6 Å². The summed E-state index contributed by atoms with van der Waals surface area (Å²) in [6, 6.07) is 0. The Balaban J connectivity index is 1.65. The number of piperidine rings is 1. The van der Waals surface area contributed by atoms with Gasteiger partial charge < -0.3 is 10.6 Å². The monoisotopic (exact) mass is 238 g/mol. The van der Waals surface area contributed by atoms with E-state index in [9.17, 15) is 4.79 Å². The first kappa shape index (κ1) is 12.9. The second-order valence-corrected chi connectivity index (χ2v) is 5.91. The van der Waals surface area contributed by atoms with Crippen LogP contribution >= 0.6 is 0 Å². The average Bonchev–Trinajstić information content (AvgIpc) is 2.39. The smallest absolute Gasteiger partial charge is 0.224 e. The summed E-state index contributed by atoms with van der Waals surface area (Å²) in [6.45, 7) is 5.18. The van der Waals surface area contributed by atoms with E-state index >= 15 is 0 Å². The van der Waals surface area contributed by atoms with Gasteiger partial charge in [-0.3, -0.25) is 4.79 Å². The topological polar surface area (TPSA) is 41.1 Å². The predicted molar refractivity (Wildman–Crippen MR) is 69.7 cm³/mol. The third-order valence-electron chi connectivity index (χ3n) is 4.37. The van der Waals surface area contributed by atoms with Gasteiger partial charge >= 0.3 is 0 Å². The van der Waals surface area contributed by atoms with Crippen molar-refractivity contribution in [2.24, 2.45) is 17.8 Å². The summed E-state index contributed by atoms with van der Waals surface area (Å²) in [7, 11) is 0. The fourth-order valence-corrected chi connectivity index (χ4v) is 3.00. The van der Waals surface area contributed by atoms with Gasteiger partial charge in [-0.15, -0.1) is 0 Å². The van der Waals surface area contributed by atoms with E-state index in [4.69, 9.17) is 0 Å². The maximum atomic E-state index is 12.0. The minimum Gasteiger partial charge on any atom is -0.356 e. The number of carbonyl (C=O) groups is 1. The molecule has 0 aromatic carbocycles. The molecule has 98 valence electrons. The summed E-state index contributed by atoms with van der Waals surface area (Å²) in [5, 5.41) is 6.46. The van der Waals surface area contributed by atoms with Crippen molar-refractivity contribution in [1.29, 1.82) is 0 Å². The summed E-state index contributed by atoms with van der Waals surface area (Å²) < 4.78 is 0. The van der Waals surface area contributed by atoms with Gasteiger partial charge in [-0.05, 0) is 44.1 Å². The van der Waals surface area contributed by atoms with Crippen molar-refractivity contribution >= 4 is 5.91 Å². The van der Waals surface area contributed by atoms with Crippen LogP contribution in [0.3, 0.4) is 0 Å². The van der Waals surface area contributed by atoms with Gasteiger partial charge in [0, 0.05) is 13.1 Å². The molecule has 2 aliphatic rings. The van der Waals surface area contributed by atoms with E-state index in [0.717, 1.165) is 44.3 Å². The number of hydrogen-bond acceptors (Lipinski definition) is 2. The van der Waals surface area contributed by atoms with Crippen molar-refractivity contribution in [3.8, 4) is 0 Å². The molecule has 0 aromatic heterocycles. The Morgan fingerprint density at radius 1 is 1.24 bits per heavy atom. The lowest BCUT2D eigenvalue weighted by Crippen LogP contribution is -2.42.